The van der Waals surface area contributed by atoms with Gasteiger partial charge >= 0.3 is 0 Å². The van der Waals surface area contributed by atoms with E-state index in [2.05, 4.69) is 0 Å². The van der Waals surface area contributed by atoms with Crippen molar-refractivity contribution in [1.29, 1.82) is 0 Å². The van der Waals surface area contributed by atoms with Crippen LogP contribution < -0.4 is 0 Å². The molecule has 2 saturated heterocycles. The van der Waals surface area contributed by atoms with E-state index in [0.29, 0.717) is 0 Å². The minimum Gasteiger partial charge on any atom is -0.384 e. The van der Waals surface area contributed by atoms with Gasteiger partial charge < -0.3 is 19.3 Å². The quantitative estimate of drug-likeness (QED) is 0.564. The van der Waals surface area contributed by atoms with Gasteiger partial charge in [-0.25, -0.2) is 0 Å². The van der Waals surface area contributed by atoms with Crippen molar-refractivity contribution in [1.82, 2.24) is 0 Å². The number of fused-ring (bicyclic) bond motifs is 1. The Morgan fingerprint density at radius 3 is 2.67 bits per heavy atom. The largest absolute Gasteiger partial charge is 0.384 e. The van der Waals surface area contributed by atoms with Crippen molar-refractivity contribution >= 4 is 0 Å². The maximum Gasteiger partial charge on any atom is 0.187 e. The molecule has 12 heavy (non-hydrogen) atoms. The molecule has 2 fully saturated rings. The van der Waals surface area contributed by atoms with Gasteiger partial charge in [-0.1, -0.05) is 0 Å². The van der Waals surface area contributed by atoms with Crippen LogP contribution in [0.5, 0.6) is 0 Å². The lowest BCUT2D eigenvalue weighted by Crippen LogP contribution is -2.56. The molecule has 2 rings (SSSR count). The fraction of sp³-hybridized carbons (Fsp3) is 1.00. The molecule has 4 heteroatoms. The van der Waals surface area contributed by atoms with Gasteiger partial charge in [0.15, 0.2) is 6.29 Å². The SMILES string of the molecule is CO[C@H]1[C@H](C)O[C@@H]2O[C@@H]2[C@]1(C)O. The van der Waals surface area contributed by atoms with Crippen LogP contribution in [-0.2, 0) is 14.2 Å². The molecular formula is C8H14O4. The van der Waals surface area contributed by atoms with Crippen LogP contribution in [0.4, 0.5) is 0 Å². The van der Waals surface area contributed by atoms with Gasteiger partial charge in [0, 0.05) is 7.11 Å². The second-order valence-electron chi connectivity index (χ2n) is 3.65. The van der Waals surface area contributed by atoms with Crippen molar-refractivity contribution < 1.29 is 19.3 Å². The zero-order valence-electron chi connectivity index (χ0n) is 7.48. The second kappa shape index (κ2) is 2.42. The number of methoxy groups -OCH3 is 1. The highest BCUT2D eigenvalue weighted by molar-refractivity contribution is 5.05. The Morgan fingerprint density at radius 1 is 1.42 bits per heavy atom. The minimum absolute atomic E-state index is 0.117. The summed E-state index contributed by atoms with van der Waals surface area (Å²) in [6.07, 6.45) is -0.852. The van der Waals surface area contributed by atoms with E-state index in [-0.39, 0.29) is 24.6 Å². The van der Waals surface area contributed by atoms with E-state index in [1.54, 1.807) is 14.0 Å². The van der Waals surface area contributed by atoms with Gasteiger partial charge in [0.05, 0.1) is 6.10 Å². The van der Waals surface area contributed by atoms with Crippen molar-refractivity contribution in [2.24, 2.45) is 0 Å². The van der Waals surface area contributed by atoms with E-state index in [0.717, 1.165) is 0 Å². The van der Waals surface area contributed by atoms with E-state index in [1.807, 2.05) is 6.92 Å². The van der Waals surface area contributed by atoms with Crippen LogP contribution >= 0.6 is 0 Å². The van der Waals surface area contributed by atoms with E-state index in [1.165, 1.54) is 0 Å². The van der Waals surface area contributed by atoms with Crippen molar-refractivity contribution in [3.63, 3.8) is 0 Å². The van der Waals surface area contributed by atoms with Crippen LogP contribution in [0.2, 0.25) is 0 Å². The molecule has 0 unspecified atom stereocenters. The fourth-order valence-corrected chi connectivity index (χ4v) is 1.97. The van der Waals surface area contributed by atoms with E-state index < -0.39 is 5.60 Å². The molecule has 4 nitrogen and oxygen atoms in total. The molecule has 0 aliphatic carbocycles. The third kappa shape index (κ3) is 0.992. The van der Waals surface area contributed by atoms with Crippen LogP contribution in [-0.4, -0.2) is 42.4 Å². The summed E-state index contributed by atoms with van der Waals surface area (Å²) in [6.45, 7) is 3.60. The second-order valence-corrected chi connectivity index (χ2v) is 3.65. The average molecular weight is 174 g/mol. The Kier molecular flexibility index (Phi) is 1.70. The summed E-state index contributed by atoms with van der Waals surface area (Å²) in [5.74, 6) is 0. The molecule has 2 aliphatic heterocycles. The van der Waals surface area contributed by atoms with Gasteiger partial charge in [0.25, 0.3) is 0 Å². The van der Waals surface area contributed by atoms with E-state index in [4.69, 9.17) is 14.2 Å². The summed E-state index contributed by atoms with van der Waals surface area (Å²) in [6, 6.07) is 0. The third-order valence-corrected chi connectivity index (χ3v) is 2.63. The van der Waals surface area contributed by atoms with Gasteiger partial charge in [-0.05, 0) is 13.8 Å². The van der Waals surface area contributed by atoms with Crippen LogP contribution in [0.1, 0.15) is 13.8 Å². The lowest BCUT2D eigenvalue weighted by Gasteiger charge is -2.37. The van der Waals surface area contributed by atoms with Crippen molar-refractivity contribution in [3.8, 4) is 0 Å². The normalized spacial score (nSPS) is 58.0. The Labute approximate surface area is 71.4 Å². The molecule has 0 saturated carbocycles. The Hall–Kier alpha value is -0.160. The third-order valence-electron chi connectivity index (χ3n) is 2.63. The van der Waals surface area contributed by atoms with Crippen LogP contribution in [0.25, 0.3) is 0 Å². The molecular weight excluding hydrogens is 160 g/mol. The van der Waals surface area contributed by atoms with Crippen molar-refractivity contribution in [3.05, 3.63) is 0 Å². The topological polar surface area (TPSA) is 51.2 Å². The first-order chi connectivity index (χ1) is 5.57. The monoisotopic (exact) mass is 174 g/mol. The number of hydrogen-bond acceptors (Lipinski definition) is 4. The highest BCUT2D eigenvalue weighted by atomic mass is 16.8. The first-order valence-electron chi connectivity index (χ1n) is 4.13. The highest BCUT2D eigenvalue weighted by Crippen LogP contribution is 2.43. The average Bonchev–Trinajstić information content (AvgIpc) is 2.66. The summed E-state index contributed by atoms with van der Waals surface area (Å²) in [7, 11) is 1.57. The number of epoxide rings is 1. The minimum atomic E-state index is -0.920. The lowest BCUT2D eigenvalue weighted by atomic mass is 9.89. The summed E-state index contributed by atoms with van der Waals surface area (Å²) < 4.78 is 15.7. The molecule has 5 atom stereocenters. The summed E-state index contributed by atoms with van der Waals surface area (Å²) >= 11 is 0. The van der Waals surface area contributed by atoms with Crippen molar-refractivity contribution in [2.45, 2.75) is 44.1 Å². The standard InChI is InChI=1S/C8H14O4/c1-4-5(10-3)8(2,9)6-7(11-4)12-6/h4-7,9H,1-3H3/t4-,5-,6-,7+,8+/m0/s1. The smallest absolute Gasteiger partial charge is 0.187 e. The maximum atomic E-state index is 9.98. The van der Waals surface area contributed by atoms with Gasteiger partial charge in [0.2, 0.25) is 0 Å². The summed E-state index contributed by atoms with van der Waals surface area (Å²) in [4.78, 5) is 0. The predicted octanol–water partition coefficient (Wildman–Crippen LogP) is -0.104. The molecule has 1 N–H and O–H groups in total. The maximum absolute atomic E-state index is 9.98. The van der Waals surface area contributed by atoms with Crippen molar-refractivity contribution in [2.75, 3.05) is 7.11 Å². The first kappa shape index (κ1) is 8.44. The lowest BCUT2D eigenvalue weighted by molar-refractivity contribution is -0.178. The highest BCUT2D eigenvalue weighted by Gasteiger charge is 2.62. The number of ether oxygens (including phenoxy) is 3. The predicted molar refractivity (Wildman–Crippen MR) is 40.6 cm³/mol. The van der Waals surface area contributed by atoms with Gasteiger partial charge in [-0.3, -0.25) is 0 Å². The molecule has 0 spiro atoms. The molecule has 2 heterocycles. The molecule has 70 valence electrons. The molecule has 0 aromatic carbocycles. The number of rotatable bonds is 1. The van der Waals surface area contributed by atoms with Gasteiger partial charge in [-0.2, -0.15) is 0 Å². The summed E-state index contributed by atoms with van der Waals surface area (Å²) in [5, 5.41) is 9.98. The Bertz CT molecular complexity index is 191. The van der Waals surface area contributed by atoms with Gasteiger partial charge in [0.1, 0.15) is 17.8 Å². The number of hydrogen-bond donors (Lipinski definition) is 1. The van der Waals surface area contributed by atoms with Crippen LogP contribution in [0.15, 0.2) is 0 Å². The Morgan fingerprint density at radius 2 is 2.08 bits per heavy atom. The fourth-order valence-electron chi connectivity index (χ4n) is 1.97. The van der Waals surface area contributed by atoms with Crippen LogP contribution in [0, 0.1) is 0 Å². The van der Waals surface area contributed by atoms with E-state index >= 15 is 0 Å². The molecule has 0 aromatic heterocycles. The van der Waals surface area contributed by atoms with Crippen LogP contribution in [0.3, 0.4) is 0 Å². The number of aliphatic hydroxyl groups is 1. The molecule has 0 bridgehead atoms. The Balaban J connectivity index is 2.17. The molecule has 0 amide bonds. The summed E-state index contributed by atoms with van der Waals surface area (Å²) in [5.41, 5.74) is -0.920. The molecule has 2 aliphatic rings. The first-order valence-corrected chi connectivity index (χ1v) is 4.13. The zero-order valence-corrected chi connectivity index (χ0v) is 7.48. The van der Waals surface area contributed by atoms with Gasteiger partial charge in [-0.15, -0.1) is 0 Å². The zero-order chi connectivity index (χ0) is 8.93. The molecule has 0 radical (unpaired) electrons. The molecule has 0 aromatic rings. The van der Waals surface area contributed by atoms with E-state index in [9.17, 15) is 5.11 Å².